The summed E-state index contributed by atoms with van der Waals surface area (Å²) >= 11 is 0. The molecule has 0 aliphatic carbocycles. The second-order valence-electron chi connectivity index (χ2n) is 7.63. The Morgan fingerprint density at radius 3 is 2.74 bits per heavy atom. The average molecular weight is 414 g/mol. The van der Waals surface area contributed by atoms with Crippen LogP contribution in [0.4, 0.5) is 0 Å². The van der Waals surface area contributed by atoms with Crippen LogP contribution in [-0.4, -0.2) is 32.4 Å². The van der Waals surface area contributed by atoms with Gasteiger partial charge in [0.2, 0.25) is 6.79 Å². The molecule has 0 radical (unpaired) electrons. The van der Waals surface area contributed by atoms with Gasteiger partial charge in [0.05, 0.1) is 23.3 Å². The first kappa shape index (κ1) is 19.1. The quantitative estimate of drug-likeness (QED) is 0.496. The molecule has 2 aromatic heterocycles. The van der Waals surface area contributed by atoms with Crippen molar-refractivity contribution in [2.24, 2.45) is 7.05 Å². The van der Waals surface area contributed by atoms with E-state index in [-0.39, 0.29) is 12.7 Å². The molecule has 0 saturated carbocycles. The minimum Gasteiger partial charge on any atom is -0.454 e. The molecule has 0 bridgehead atoms. The predicted molar refractivity (Wildman–Crippen MR) is 116 cm³/mol. The third-order valence-electron chi connectivity index (χ3n) is 5.49. The van der Waals surface area contributed by atoms with Crippen molar-refractivity contribution in [3.63, 3.8) is 0 Å². The third-order valence-corrected chi connectivity index (χ3v) is 5.49. The highest BCUT2D eigenvalue weighted by molar-refractivity contribution is 6.05. The molecule has 1 amide bonds. The molecule has 0 saturated heterocycles. The summed E-state index contributed by atoms with van der Waals surface area (Å²) in [7, 11) is 1.90. The minimum atomic E-state index is -0.0698. The van der Waals surface area contributed by atoms with Gasteiger partial charge in [-0.1, -0.05) is 24.3 Å². The average Bonchev–Trinajstić information content (AvgIpc) is 3.37. The maximum absolute atomic E-state index is 13.7. The number of fused-ring (bicyclic) bond motifs is 2. The van der Waals surface area contributed by atoms with Gasteiger partial charge in [-0.25, -0.2) is 0 Å². The molecule has 0 fully saturated rings. The van der Waals surface area contributed by atoms with E-state index in [1.165, 1.54) is 0 Å². The predicted octanol–water partition coefficient (Wildman–Crippen LogP) is 3.85. The number of pyridine rings is 1. The Hall–Kier alpha value is -3.87. The highest BCUT2D eigenvalue weighted by Gasteiger charge is 2.22. The molecule has 5 rings (SSSR count). The second-order valence-corrected chi connectivity index (χ2v) is 7.63. The number of rotatable bonds is 5. The molecule has 2 aromatic carbocycles. The number of benzene rings is 2. The summed E-state index contributed by atoms with van der Waals surface area (Å²) in [5, 5.41) is 5.39. The van der Waals surface area contributed by atoms with Gasteiger partial charge in [0.15, 0.2) is 11.5 Å². The van der Waals surface area contributed by atoms with Crippen molar-refractivity contribution < 1.29 is 14.3 Å². The smallest absolute Gasteiger partial charge is 0.255 e. The number of carbonyl (C=O) groups is 1. The van der Waals surface area contributed by atoms with Crippen molar-refractivity contribution in [3.8, 4) is 11.5 Å². The Bertz CT molecular complexity index is 1260. The van der Waals surface area contributed by atoms with Crippen molar-refractivity contribution in [2.75, 3.05) is 6.79 Å². The first-order valence-electron chi connectivity index (χ1n) is 10.1. The maximum Gasteiger partial charge on any atom is 0.255 e. The molecule has 0 unspecified atom stereocenters. The van der Waals surface area contributed by atoms with Crippen LogP contribution in [0.15, 0.2) is 60.8 Å². The lowest BCUT2D eigenvalue weighted by Gasteiger charge is -2.23. The van der Waals surface area contributed by atoms with Gasteiger partial charge in [-0.05, 0) is 42.8 Å². The fourth-order valence-corrected chi connectivity index (χ4v) is 3.82. The normalized spacial score (nSPS) is 12.3. The fraction of sp³-hybridized carbons (Fsp3) is 0.208. The zero-order valence-electron chi connectivity index (χ0n) is 17.4. The molecule has 3 heterocycles. The topological polar surface area (TPSA) is 69.5 Å². The van der Waals surface area contributed by atoms with Gasteiger partial charge < -0.3 is 14.4 Å². The summed E-state index contributed by atoms with van der Waals surface area (Å²) in [5.74, 6) is 1.36. The first-order chi connectivity index (χ1) is 15.1. The largest absolute Gasteiger partial charge is 0.454 e. The number of aromatic nitrogens is 3. The van der Waals surface area contributed by atoms with E-state index in [9.17, 15) is 4.79 Å². The first-order valence-corrected chi connectivity index (χ1v) is 10.1. The highest BCUT2D eigenvalue weighted by Crippen LogP contribution is 2.33. The zero-order chi connectivity index (χ0) is 21.4. The van der Waals surface area contributed by atoms with E-state index >= 15 is 0 Å². The molecular formula is C24H22N4O3. The molecule has 7 heteroatoms. The van der Waals surface area contributed by atoms with Crippen LogP contribution < -0.4 is 9.47 Å². The van der Waals surface area contributed by atoms with Crippen molar-refractivity contribution >= 4 is 16.8 Å². The fourth-order valence-electron chi connectivity index (χ4n) is 3.82. The van der Waals surface area contributed by atoms with Crippen molar-refractivity contribution in [2.45, 2.75) is 20.0 Å². The summed E-state index contributed by atoms with van der Waals surface area (Å²) in [6.07, 6.45) is 1.68. The lowest BCUT2D eigenvalue weighted by atomic mass is 10.1. The van der Waals surface area contributed by atoms with Crippen LogP contribution >= 0.6 is 0 Å². The van der Waals surface area contributed by atoms with Crippen LogP contribution in [0.5, 0.6) is 11.5 Å². The number of nitrogens with zero attached hydrogens (tertiary/aromatic N) is 4. The number of hydrogen-bond donors (Lipinski definition) is 0. The number of carbonyl (C=O) groups excluding carboxylic acids is 1. The number of amides is 1. The Kier molecular flexibility index (Phi) is 4.78. The van der Waals surface area contributed by atoms with Gasteiger partial charge >= 0.3 is 0 Å². The van der Waals surface area contributed by atoms with Crippen LogP contribution in [0, 0.1) is 6.92 Å². The van der Waals surface area contributed by atoms with Crippen LogP contribution in [0.2, 0.25) is 0 Å². The van der Waals surface area contributed by atoms with E-state index in [0.717, 1.165) is 33.6 Å². The van der Waals surface area contributed by atoms with E-state index in [2.05, 4.69) is 10.1 Å². The number of ether oxygens (including phenoxy) is 2. The zero-order valence-corrected chi connectivity index (χ0v) is 17.4. The van der Waals surface area contributed by atoms with E-state index < -0.39 is 0 Å². The molecule has 0 atom stereocenters. The van der Waals surface area contributed by atoms with Gasteiger partial charge in [-0.3, -0.25) is 14.5 Å². The maximum atomic E-state index is 13.7. The van der Waals surface area contributed by atoms with E-state index in [0.29, 0.717) is 24.4 Å². The lowest BCUT2D eigenvalue weighted by molar-refractivity contribution is 0.0729. The van der Waals surface area contributed by atoms with E-state index in [4.69, 9.17) is 9.47 Å². The number of hydrogen-bond acceptors (Lipinski definition) is 5. The monoisotopic (exact) mass is 414 g/mol. The van der Waals surface area contributed by atoms with Crippen LogP contribution in [0.3, 0.4) is 0 Å². The van der Waals surface area contributed by atoms with Crippen LogP contribution in [0.1, 0.15) is 27.3 Å². The lowest BCUT2D eigenvalue weighted by Crippen LogP contribution is -2.30. The van der Waals surface area contributed by atoms with Crippen molar-refractivity contribution in [1.29, 1.82) is 0 Å². The SMILES string of the molecule is Cc1cc(CN(Cc2ccc3c(c2)OCO3)C(=O)c2ccnc3ccccc23)nn1C. The minimum absolute atomic E-state index is 0.0698. The molecule has 0 N–H and O–H groups in total. The standard InChI is InChI=1S/C24H22N4O3/c1-16-11-18(26-27(16)2)14-28(13-17-7-8-22-23(12-17)31-15-30-22)24(29)20-9-10-25-21-6-4-3-5-19(20)21/h3-12H,13-15H2,1-2H3. The molecule has 4 aromatic rings. The van der Waals surface area contributed by atoms with Gasteiger partial charge in [-0.2, -0.15) is 5.10 Å². The van der Waals surface area contributed by atoms with E-state index in [1.807, 2.05) is 67.2 Å². The number of aryl methyl sites for hydroxylation is 2. The summed E-state index contributed by atoms with van der Waals surface area (Å²) in [5.41, 5.74) is 4.26. The van der Waals surface area contributed by atoms with Crippen molar-refractivity contribution in [3.05, 3.63) is 83.3 Å². The van der Waals surface area contributed by atoms with E-state index in [1.54, 1.807) is 17.2 Å². The Morgan fingerprint density at radius 2 is 1.90 bits per heavy atom. The second kappa shape index (κ2) is 7.75. The highest BCUT2D eigenvalue weighted by atomic mass is 16.7. The molecular weight excluding hydrogens is 392 g/mol. The summed E-state index contributed by atoms with van der Waals surface area (Å²) in [4.78, 5) is 19.9. The Morgan fingerprint density at radius 1 is 1.06 bits per heavy atom. The summed E-state index contributed by atoms with van der Waals surface area (Å²) in [6.45, 7) is 3.03. The molecule has 31 heavy (non-hydrogen) atoms. The van der Waals surface area contributed by atoms with Gasteiger partial charge in [-0.15, -0.1) is 0 Å². The number of para-hydroxylation sites is 1. The summed E-state index contributed by atoms with van der Waals surface area (Å²) in [6, 6.07) is 17.2. The van der Waals surface area contributed by atoms with Crippen LogP contribution in [-0.2, 0) is 20.1 Å². The van der Waals surface area contributed by atoms with Gasteiger partial charge in [0.1, 0.15) is 0 Å². The molecule has 7 nitrogen and oxygen atoms in total. The van der Waals surface area contributed by atoms with Crippen LogP contribution in [0.25, 0.3) is 10.9 Å². The molecule has 156 valence electrons. The third kappa shape index (κ3) is 3.70. The summed E-state index contributed by atoms with van der Waals surface area (Å²) < 4.78 is 12.7. The Labute approximate surface area is 179 Å². The van der Waals surface area contributed by atoms with Gasteiger partial charge in [0.25, 0.3) is 5.91 Å². The Balaban J connectivity index is 1.51. The van der Waals surface area contributed by atoms with Crippen molar-refractivity contribution in [1.82, 2.24) is 19.7 Å². The molecule has 0 spiro atoms. The molecule has 1 aliphatic rings. The molecule has 1 aliphatic heterocycles. The van der Waals surface area contributed by atoms with Gasteiger partial charge in [0, 0.05) is 30.9 Å².